The summed E-state index contributed by atoms with van der Waals surface area (Å²) in [5, 5.41) is 5.11. The maximum Gasteiger partial charge on any atom is 0.238 e. The van der Waals surface area contributed by atoms with Crippen LogP contribution in [-0.2, 0) is 19.5 Å². The first-order valence-corrected chi connectivity index (χ1v) is 8.39. The Labute approximate surface area is 123 Å². The summed E-state index contributed by atoms with van der Waals surface area (Å²) in [6.07, 6.45) is 1.79. The zero-order valence-corrected chi connectivity index (χ0v) is 12.4. The number of hydrogen-bond donors (Lipinski definition) is 2. The minimum absolute atomic E-state index is 0.0174. The number of benzene rings is 1. The number of anilines is 2. The molecule has 0 radical (unpaired) electrons. The Hall–Kier alpha value is -1.35. The molecular formula is C13H19N3O4S. The molecule has 2 saturated heterocycles. The van der Waals surface area contributed by atoms with Crippen LogP contribution in [0.25, 0.3) is 0 Å². The molecule has 2 heterocycles. The van der Waals surface area contributed by atoms with Gasteiger partial charge in [-0.15, -0.1) is 0 Å². The minimum atomic E-state index is -3.74. The predicted octanol–water partition coefficient (Wildman–Crippen LogP) is 0.259. The fraction of sp³-hybridized carbons (Fsp3) is 0.538. The molecule has 0 atom stereocenters. The van der Waals surface area contributed by atoms with Gasteiger partial charge in [0, 0.05) is 13.0 Å². The molecule has 0 amide bonds. The highest BCUT2D eigenvalue weighted by Gasteiger charge is 2.41. The van der Waals surface area contributed by atoms with Gasteiger partial charge in [0.1, 0.15) is 0 Å². The maximum atomic E-state index is 11.3. The molecule has 3 rings (SSSR count). The third-order valence-electron chi connectivity index (χ3n) is 3.90. The van der Waals surface area contributed by atoms with Gasteiger partial charge in [-0.2, -0.15) is 0 Å². The molecule has 1 spiro atoms. The lowest BCUT2D eigenvalue weighted by molar-refractivity contribution is -0.161. The van der Waals surface area contributed by atoms with Crippen molar-refractivity contribution in [2.75, 3.05) is 36.9 Å². The first-order chi connectivity index (χ1) is 9.90. The molecule has 0 aliphatic carbocycles. The van der Waals surface area contributed by atoms with Crippen LogP contribution in [0.5, 0.6) is 0 Å². The molecule has 116 valence electrons. The van der Waals surface area contributed by atoms with Crippen molar-refractivity contribution >= 4 is 21.4 Å². The van der Waals surface area contributed by atoms with Gasteiger partial charge in [-0.1, -0.05) is 0 Å². The summed E-state index contributed by atoms with van der Waals surface area (Å²) < 4.78 is 34.2. The SMILES string of the molecule is Nc1cc(S(N)(=O)=O)ccc1N1CCCC2(C1)OCCO2. The lowest BCUT2D eigenvalue weighted by Gasteiger charge is -2.40. The molecule has 4 N–H and O–H groups in total. The van der Waals surface area contributed by atoms with Gasteiger partial charge in [0.25, 0.3) is 0 Å². The largest absolute Gasteiger partial charge is 0.397 e. The first kappa shape index (κ1) is 14.6. The fourth-order valence-corrected chi connectivity index (χ4v) is 3.47. The van der Waals surface area contributed by atoms with Crippen molar-refractivity contribution in [3.8, 4) is 0 Å². The van der Waals surface area contributed by atoms with E-state index >= 15 is 0 Å². The lowest BCUT2D eigenvalue weighted by Crippen LogP contribution is -2.49. The van der Waals surface area contributed by atoms with Crippen LogP contribution in [0.1, 0.15) is 12.8 Å². The highest BCUT2D eigenvalue weighted by atomic mass is 32.2. The molecule has 0 saturated carbocycles. The van der Waals surface area contributed by atoms with E-state index in [2.05, 4.69) is 4.90 Å². The van der Waals surface area contributed by atoms with E-state index in [1.807, 2.05) is 0 Å². The molecule has 0 unspecified atom stereocenters. The Morgan fingerprint density at radius 1 is 1.24 bits per heavy atom. The molecule has 0 aromatic heterocycles. The smallest absolute Gasteiger partial charge is 0.238 e. The molecular weight excluding hydrogens is 294 g/mol. The van der Waals surface area contributed by atoms with Gasteiger partial charge in [-0.05, 0) is 24.6 Å². The zero-order chi connectivity index (χ0) is 15.1. The van der Waals surface area contributed by atoms with Crippen LogP contribution in [-0.4, -0.2) is 40.5 Å². The van der Waals surface area contributed by atoms with Gasteiger partial charge in [-0.25, -0.2) is 13.6 Å². The Morgan fingerprint density at radius 2 is 1.95 bits per heavy atom. The standard InChI is InChI=1S/C13H19N3O4S/c14-11-8-10(21(15,17)18)2-3-12(11)16-5-1-4-13(9-16)19-6-7-20-13/h2-3,8H,1,4-7,9,14H2,(H2,15,17,18). The average molecular weight is 313 g/mol. The minimum Gasteiger partial charge on any atom is -0.397 e. The van der Waals surface area contributed by atoms with Gasteiger partial charge in [0.05, 0.1) is 36.0 Å². The van der Waals surface area contributed by atoms with Gasteiger partial charge < -0.3 is 20.1 Å². The second kappa shape index (κ2) is 5.13. The average Bonchev–Trinajstić information content (AvgIpc) is 2.85. The topological polar surface area (TPSA) is 108 Å². The van der Waals surface area contributed by atoms with Crippen molar-refractivity contribution in [3.05, 3.63) is 18.2 Å². The van der Waals surface area contributed by atoms with Gasteiger partial charge in [-0.3, -0.25) is 0 Å². The summed E-state index contributed by atoms with van der Waals surface area (Å²) in [7, 11) is -3.74. The Kier molecular flexibility index (Phi) is 3.56. The summed E-state index contributed by atoms with van der Waals surface area (Å²) >= 11 is 0. The third-order valence-corrected chi connectivity index (χ3v) is 4.81. The van der Waals surface area contributed by atoms with E-state index in [4.69, 9.17) is 20.3 Å². The fourth-order valence-electron chi connectivity index (χ4n) is 2.92. The monoisotopic (exact) mass is 313 g/mol. The molecule has 2 aliphatic rings. The van der Waals surface area contributed by atoms with Crippen molar-refractivity contribution in [1.82, 2.24) is 0 Å². The van der Waals surface area contributed by atoms with Crippen LogP contribution in [0.3, 0.4) is 0 Å². The third kappa shape index (κ3) is 2.84. The molecule has 2 fully saturated rings. The summed E-state index contributed by atoms with van der Waals surface area (Å²) in [5.41, 5.74) is 7.16. The molecule has 1 aromatic rings. The van der Waals surface area contributed by atoms with Gasteiger partial charge in [0.2, 0.25) is 10.0 Å². The Morgan fingerprint density at radius 3 is 2.57 bits per heavy atom. The number of ether oxygens (including phenoxy) is 2. The molecule has 0 bridgehead atoms. The van der Waals surface area contributed by atoms with E-state index in [-0.39, 0.29) is 4.90 Å². The molecule has 2 aliphatic heterocycles. The number of piperidine rings is 1. The first-order valence-electron chi connectivity index (χ1n) is 6.85. The maximum absolute atomic E-state index is 11.3. The number of hydrogen-bond acceptors (Lipinski definition) is 6. The molecule has 8 heteroatoms. The van der Waals surface area contributed by atoms with Crippen LogP contribution < -0.4 is 15.8 Å². The van der Waals surface area contributed by atoms with Gasteiger partial charge >= 0.3 is 0 Å². The zero-order valence-electron chi connectivity index (χ0n) is 11.6. The summed E-state index contributed by atoms with van der Waals surface area (Å²) in [6.45, 7) is 2.63. The second-order valence-electron chi connectivity index (χ2n) is 5.40. The highest BCUT2D eigenvalue weighted by Crippen LogP contribution is 2.35. The van der Waals surface area contributed by atoms with Crippen molar-refractivity contribution in [3.63, 3.8) is 0 Å². The lowest BCUT2D eigenvalue weighted by atomic mass is 10.0. The molecule has 21 heavy (non-hydrogen) atoms. The van der Waals surface area contributed by atoms with E-state index in [1.54, 1.807) is 6.07 Å². The number of sulfonamides is 1. The van der Waals surface area contributed by atoms with Gasteiger partial charge in [0.15, 0.2) is 5.79 Å². The van der Waals surface area contributed by atoms with Crippen LogP contribution in [0.4, 0.5) is 11.4 Å². The van der Waals surface area contributed by atoms with Crippen LogP contribution >= 0.6 is 0 Å². The van der Waals surface area contributed by atoms with Crippen LogP contribution in [0, 0.1) is 0 Å². The quantitative estimate of drug-likeness (QED) is 0.758. The van der Waals surface area contributed by atoms with E-state index in [0.717, 1.165) is 25.1 Å². The van der Waals surface area contributed by atoms with E-state index in [1.165, 1.54) is 12.1 Å². The van der Waals surface area contributed by atoms with E-state index in [9.17, 15) is 8.42 Å². The highest BCUT2D eigenvalue weighted by molar-refractivity contribution is 7.89. The number of nitrogen functional groups attached to an aromatic ring is 1. The Bertz CT molecular complexity index is 641. The molecule has 7 nitrogen and oxygen atoms in total. The predicted molar refractivity (Wildman–Crippen MR) is 78.3 cm³/mol. The van der Waals surface area contributed by atoms with Crippen LogP contribution in [0.15, 0.2) is 23.1 Å². The number of primary sulfonamides is 1. The summed E-state index contributed by atoms with van der Waals surface area (Å²) in [4.78, 5) is 2.08. The van der Waals surface area contributed by atoms with Crippen molar-refractivity contribution in [2.45, 2.75) is 23.5 Å². The number of nitrogens with two attached hydrogens (primary N) is 2. The van der Waals surface area contributed by atoms with E-state index in [0.29, 0.717) is 25.4 Å². The summed E-state index contributed by atoms with van der Waals surface area (Å²) in [6, 6.07) is 4.55. The number of nitrogens with zero attached hydrogens (tertiary/aromatic N) is 1. The van der Waals surface area contributed by atoms with Crippen LogP contribution in [0.2, 0.25) is 0 Å². The normalized spacial score (nSPS) is 21.9. The Balaban J connectivity index is 1.86. The van der Waals surface area contributed by atoms with Crippen molar-refractivity contribution in [1.29, 1.82) is 0 Å². The van der Waals surface area contributed by atoms with Crippen molar-refractivity contribution in [2.24, 2.45) is 5.14 Å². The summed E-state index contributed by atoms with van der Waals surface area (Å²) in [5.74, 6) is -0.552. The molecule has 1 aromatic carbocycles. The van der Waals surface area contributed by atoms with Crippen molar-refractivity contribution < 1.29 is 17.9 Å². The number of rotatable bonds is 2. The second-order valence-corrected chi connectivity index (χ2v) is 6.96. The van der Waals surface area contributed by atoms with E-state index < -0.39 is 15.8 Å².